The van der Waals surface area contributed by atoms with Gasteiger partial charge in [-0.25, -0.2) is 0 Å². The van der Waals surface area contributed by atoms with E-state index in [0.29, 0.717) is 0 Å². The molecule has 0 atom stereocenters. The second-order valence-corrected chi connectivity index (χ2v) is 5.98. The van der Waals surface area contributed by atoms with E-state index in [9.17, 15) is 0 Å². The molecule has 0 aliphatic carbocycles. The Hall–Kier alpha value is -0.300. The van der Waals surface area contributed by atoms with Gasteiger partial charge < -0.3 is 4.74 Å². The summed E-state index contributed by atoms with van der Waals surface area (Å²) >= 11 is 0. The highest BCUT2D eigenvalue weighted by molar-refractivity contribution is 5.09. The minimum Gasteiger partial charge on any atom is -0.371 e. The van der Waals surface area contributed by atoms with Crippen LogP contribution in [0.5, 0.6) is 0 Å². The third kappa shape index (κ3) is 6.88. The van der Waals surface area contributed by atoms with Crippen LogP contribution >= 0.6 is 0 Å². The van der Waals surface area contributed by atoms with Crippen LogP contribution in [0.15, 0.2) is 11.6 Å². The summed E-state index contributed by atoms with van der Waals surface area (Å²) in [5.74, 6) is 0. The van der Waals surface area contributed by atoms with Crippen molar-refractivity contribution in [1.29, 1.82) is 0 Å². The molecule has 1 heterocycles. The maximum atomic E-state index is 5.69. The van der Waals surface area contributed by atoms with Crippen LogP contribution in [0.1, 0.15) is 78.6 Å². The molecular formula is C16H30O. The van der Waals surface area contributed by atoms with Crippen molar-refractivity contribution in [1.82, 2.24) is 0 Å². The quantitative estimate of drug-likeness (QED) is 0.414. The van der Waals surface area contributed by atoms with Crippen LogP contribution in [-0.4, -0.2) is 12.2 Å². The highest BCUT2D eigenvalue weighted by atomic mass is 16.5. The molecule has 17 heavy (non-hydrogen) atoms. The molecule has 1 nitrogen and oxygen atoms in total. The molecule has 0 aromatic heterocycles. The molecule has 0 saturated carbocycles. The molecule has 1 rings (SSSR count). The van der Waals surface area contributed by atoms with E-state index in [1.165, 1.54) is 51.4 Å². The maximum Gasteiger partial charge on any atom is 0.0667 e. The minimum absolute atomic E-state index is 0.0746. The zero-order valence-electron chi connectivity index (χ0n) is 12.1. The van der Waals surface area contributed by atoms with Gasteiger partial charge >= 0.3 is 0 Å². The highest BCUT2D eigenvalue weighted by Gasteiger charge is 2.22. The van der Waals surface area contributed by atoms with Crippen molar-refractivity contribution < 1.29 is 4.74 Å². The minimum atomic E-state index is 0.0746. The fourth-order valence-electron chi connectivity index (χ4n) is 2.55. The van der Waals surface area contributed by atoms with Crippen LogP contribution in [0.2, 0.25) is 0 Å². The van der Waals surface area contributed by atoms with Crippen molar-refractivity contribution in [2.45, 2.75) is 84.2 Å². The van der Waals surface area contributed by atoms with Gasteiger partial charge in [0.2, 0.25) is 0 Å². The number of hydrogen-bond donors (Lipinski definition) is 0. The average Bonchev–Trinajstić information content (AvgIpc) is 2.27. The van der Waals surface area contributed by atoms with E-state index in [2.05, 4.69) is 26.8 Å². The van der Waals surface area contributed by atoms with E-state index < -0.39 is 0 Å². The molecular weight excluding hydrogens is 208 g/mol. The van der Waals surface area contributed by atoms with Crippen LogP contribution in [0.25, 0.3) is 0 Å². The van der Waals surface area contributed by atoms with Crippen LogP contribution in [0, 0.1) is 0 Å². The largest absolute Gasteiger partial charge is 0.371 e. The third-order valence-electron chi connectivity index (χ3n) is 3.60. The predicted octanol–water partition coefficient (Wildman–Crippen LogP) is 5.25. The summed E-state index contributed by atoms with van der Waals surface area (Å²) < 4.78 is 5.69. The van der Waals surface area contributed by atoms with Gasteiger partial charge in [-0.1, -0.05) is 57.1 Å². The van der Waals surface area contributed by atoms with Gasteiger partial charge in [-0.3, -0.25) is 0 Å². The maximum absolute atomic E-state index is 5.69. The standard InChI is InChI=1S/C16H30O/c1-4-5-6-7-8-9-10-11-15-12-13-17-16(2,3)14-15/h12H,4-11,13-14H2,1-3H3. The first-order valence-electron chi connectivity index (χ1n) is 7.46. The number of hydrogen-bond acceptors (Lipinski definition) is 1. The van der Waals surface area contributed by atoms with E-state index in [1.807, 2.05) is 0 Å². The number of ether oxygens (including phenoxy) is 1. The van der Waals surface area contributed by atoms with Crippen LogP contribution in [0.3, 0.4) is 0 Å². The van der Waals surface area contributed by atoms with Crippen molar-refractivity contribution in [3.63, 3.8) is 0 Å². The van der Waals surface area contributed by atoms with E-state index >= 15 is 0 Å². The Morgan fingerprint density at radius 1 is 1.06 bits per heavy atom. The van der Waals surface area contributed by atoms with Gasteiger partial charge in [0.1, 0.15) is 0 Å². The van der Waals surface area contributed by atoms with Crippen molar-refractivity contribution >= 4 is 0 Å². The lowest BCUT2D eigenvalue weighted by Gasteiger charge is -2.30. The zero-order valence-corrected chi connectivity index (χ0v) is 12.1. The molecule has 100 valence electrons. The summed E-state index contributed by atoms with van der Waals surface area (Å²) in [6.45, 7) is 7.49. The average molecular weight is 238 g/mol. The molecule has 0 saturated heterocycles. The third-order valence-corrected chi connectivity index (χ3v) is 3.60. The molecule has 0 amide bonds. The summed E-state index contributed by atoms with van der Waals surface area (Å²) in [4.78, 5) is 0. The van der Waals surface area contributed by atoms with E-state index in [1.54, 1.807) is 5.57 Å². The second-order valence-electron chi connectivity index (χ2n) is 5.98. The van der Waals surface area contributed by atoms with Gasteiger partial charge in [0.15, 0.2) is 0 Å². The van der Waals surface area contributed by atoms with Crippen LogP contribution in [0.4, 0.5) is 0 Å². The Bertz CT molecular complexity index is 228. The van der Waals surface area contributed by atoms with Gasteiger partial charge in [-0.15, -0.1) is 0 Å². The van der Waals surface area contributed by atoms with Gasteiger partial charge in [-0.05, 0) is 33.1 Å². The lowest BCUT2D eigenvalue weighted by atomic mass is 9.92. The summed E-state index contributed by atoms with van der Waals surface area (Å²) in [7, 11) is 0. The topological polar surface area (TPSA) is 9.23 Å². The van der Waals surface area contributed by atoms with Gasteiger partial charge in [0.25, 0.3) is 0 Å². The fourth-order valence-corrected chi connectivity index (χ4v) is 2.55. The number of rotatable bonds is 8. The normalized spacial score (nSPS) is 19.1. The molecule has 0 unspecified atom stereocenters. The molecule has 0 fully saturated rings. The summed E-state index contributed by atoms with van der Waals surface area (Å²) in [5.41, 5.74) is 1.69. The van der Waals surface area contributed by atoms with Crippen molar-refractivity contribution in [3.8, 4) is 0 Å². The van der Waals surface area contributed by atoms with E-state index in [-0.39, 0.29) is 5.60 Å². The Morgan fingerprint density at radius 2 is 1.71 bits per heavy atom. The van der Waals surface area contributed by atoms with Gasteiger partial charge in [0, 0.05) is 0 Å². The summed E-state index contributed by atoms with van der Waals surface area (Å²) in [6.07, 6.45) is 14.5. The first-order chi connectivity index (χ1) is 8.14. The van der Waals surface area contributed by atoms with Crippen molar-refractivity contribution in [2.75, 3.05) is 6.61 Å². The highest BCUT2D eigenvalue weighted by Crippen LogP contribution is 2.27. The van der Waals surface area contributed by atoms with Gasteiger partial charge in [0.05, 0.1) is 12.2 Å². The first kappa shape index (κ1) is 14.8. The molecule has 1 aliphatic rings. The first-order valence-corrected chi connectivity index (χ1v) is 7.46. The lowest BCUT2D eigenvalue weighted by molar-refractivity contribution is -0.0103. The van der Waals surface area contributed by atoms with Crippen LogP contribution < -0.4 is 0 Å². The molecule has 0 N–H and O–H groups in total. The van der Waals surface area contributed by atoms with Crippen molar-refractivity contribution in [3.05, 3.63) is 11.6 Å². The van der Waals surface area contributed by atoms with E-state index in [4.69, 9.17) is 4.74 Å². The van der Waals surface area contributed by atoms with Crippen molar-refractivity contribution in [2.24, 2.45) is 0 Å². The molecule has 0 aromatic rings. The molecule has 0 aromatic carbocycles. The van der Waals surface area contributed by atoms with Gasteiger partial charge in [-0.2, -0.15) is 0 Å². The summed E-state index contributed by atoms with van der Waals surface area (Å²) in [5, 5.41) is 0. The molecule has 1 aliphatic heterocycles. The second kappa shape index (κ2) is 7.92. The molecule has 0 spiro atoms. The number of unbranched alkanes of at least 4 members (excludes halogenated alkanes) is 6. The molecule has 1 heteroatoms. The Morgan fingerprint density at radius 3 is 2.35 bits per heavy atom. The predicted molar refractivity (Wildman–Crippen MR) is 75.3 cm³/mol. The Labute approximate surface area is 108 Å². The zero-order chi connectivity index (χ0) is 12.6. The Kier molecular flexibility index (Phi) is 6.87. The molecule has 0 radical (unpaired) electrons. The Balaban J connectivity index is 2.01. The fraction of sp³-hybridized carbons (Fsp3) is 0.875. The smallest absolute Gasteiger partial charge is 0.0667 e. The van der Waals surface area contributed by atoms with E-state index in [0.717, 1.165) is 13.0 Å². The SMILES string of the molecule is CCCCCCCCCC1=CCOC(C)(C)C1. The van der Waals surface area contributed by atoms with Crippen LogP contribution in [-0.2, 0) is 4.74 Å². The lowest BCUT2D eigenvalue weighted by Crippen LogP contribution is -2.28. The molecule has 0 bridgehead atoms. The monoisotopic (exact) mass is 238 g/mol. The summed E-state index contributed by atoms with van der Waals surface area (Å²) in [6, 6.07) is 0.